The van der Waals surface area contributed by atoms with Crippen molar-refractivity contribution in [2.24, 2.45) is 0 Å². The molecule has 3 heterocycles. The van der Waals surface area contributed by atoms with Crippen molar-refractivity contribution < 1.29 is 9.53 Å². The number of hydrogen-bond acceptors (Lipinski definition) is 8. The van der Waals surface area contributed by atoms with Crippen LogP contribution < -0.4 is 4.74 Å². The van der Waals surface area contributed by atoms with Gasteiger partial charge in [0.2, 0.25) is 0 Å². The summed E-state index contributed by atoms with van der Waals surface area (Å²) in [4.78, 5) is 26.7. The quantitative estimate of drug-likeness (QED) is 0.289. The van der Waals surface area contributed by atoms with Crippen molar-refractivity contribution in [3.63, 3.8) is 0 Å². The molecule has 8 heteroatoms. The van der Waals surface area contributed by atoms with Gasteiger partial charge in [-0.05, 0) is 41.8 Å². The monoisotopic (exact) mass is 444 g/mol. The zero-order valence-corrected chi connectivity index (χ0v) is 18.1. The van der Waals surface area contributed by atoms with E-state index < -0.39 is 0 Å². The lowest BCUT2D eigenvalue weighted by Crippen LogP contribution is -2.04. The van der Waals surface area contributed by atoms with Crippen LogP contribution in [0.25, 0.3) is 21.8 Å². The smallest absolute Gasteiger partial charge is 0.173 e. The molecule has 0 aliphatic heterocycles. The van der Waals surface area contributed by atoms with E-state index in [9.17, 15) is 10.1 Å². The first-order valence-electron chi connectivity index (χ1n) is 9.25. The number of benzene rings is 1. The van der Waals surface area contributed by atoms with Crippen LogP contribution in [0.4, 0.5) is 0 Å². The Labute approximate surface area is 187 Å². The van der Waals surface area contributed by atoms with Crippen LogP contribution in [-0.2, 0) is 0 Å². The molecule has 0 saturated heterocycles. The summed E-state index contributed by atoms with van der Waals surface area (Å²) >= 11 is 2.79. The molecule has 1 aromatic carbocycles. The summed E-state index contributed by atoms with van der Waals surface area (Å²) in [6, 6.07) is 15.0. The number of nitrogens with zero attached hydrogens (tertiary/aromatic N) is 4. The summed E-state index contributed by atoms with van der Waals surface area (Å²) in [7, 11) is 1.58. The van der Waals surface area contributed by atoms with Gasteiger partial charge < -0.3 is 4.74 Å². The lowest BCUT2D eigenvalue weighted by atomic mass is 10.1. The third-order valence-electron chi connectivity index (χ3n) is 4.46. The van der Waals surface area contributed by atoms with Gasteiger partial charge in [-0.15, -0.1) is 11.3 Å². The summed E-state index contributed by atoms with van der Waals surface area (Å²) < 4.78 is 5.14. The predicted octanol–water partition coefficient (Wildman–Crippen LogP) is 5.12. The lowest BCUT2D eigenvalue weighted by Gasteiger charge is -2.11. The fourth-order valence-corrected chi connectivity index (χ4v) is 4.56. The largest absolute Gasteiger partial charge is 0.497 e. The van der Waals surface area contributed by atoms with Crippen molar-refractivity contribution in [2.75, 3.05) is 12.9 Å². The predicted molar refractivity (Wildman–Crippen MR) is 121 cm³/mol. The molecule has 0 aliphatic carbocycles. The van der Waals surface area contributed by atoms with E-state index in [0.717, 1.165) is 10.4 Å². The van der Waals surface area contributed by atoms with Gasteiger partial charge in [0.25, 0.3) is 0 Å². The van der Waals surface area contributed by atoms with E-state index in [1.807, 2.05) is 23.6 Å². The molecule has 0 spiro atoms. The normalized spacial score (nSPS) is 10.5. The van der Waals surface area contributed by atoms with Gasteiger partial charge >= 0.3 is 0 Å². The molecule has 6 nitrogen and oxygen atoms in total. The molecular formula is C23H16N4O2S2. The summed E-state index contributed by atoms with van der Waals surface area (Å²) in [5, 5.41) is 12.3. The average molecular weight is 445 g/mol. The second kappa shape index (κ2) is 9.51. The maximum absolute atomic E-state index is 12.7. The van der Waals surface area contributed by atoms with Crippen molar-refractivity contribution in [1.29, 1.82) is 5.26 Å². The van der Waals surface area contributed by atoms with Crippen molar-refractivity contribution in [3.8, 4) is 33.6 Å². The molecular weight excluding hydrogens is 428 g/mol. The number of ketones is 1. The number of nitriles is 1. The molecule has 0 N–H and O–H groups in total. The number of carbonyl (C=O) groups is 1. The molecule has 0 aliphatic rings. The van der Waals surface area contributed by atoms with Gasteiger partial charge in [0.15, 0.2) is 5.78 Å². The number of ether oxygens (including phenoxy) is 1. The standard InChI is InChI=1S/C23H16N4O2S2/c1-29-16-6-4-15(5-7-16)21(28)14-31-23-18(12-24)17(22-3-2-10-30-22)11-19(27-23)20-13-25-8-9-26-20/h2-11,13H,14H2,1H3. The number of thioether (sulfide) groups is 1. The molecule has 4 aromatic rings. The number of pyridine rings is 1. The van der Waals surface area contributed by atoms with E-state index in [1.54, 1.807) is 50.0 Å². The number of methoxy groups -OCH3 is 1. The zero-order valence-electron chi connectivity index (χ0n) is 16.5. The Morgan fingerprint density at radius 1 is 1.19 bits per heavy atom. The molecule has 0 bridgehead atoms. The Morgan fingerprint density at radius 2 is 2.03 bits per heavy atom. The highest BCUT2D eigenvalue weighted by Crippen LogP contribution is 2.35. The fourth-order valence-electron chi connectivity index (χ4n) is 2.92. The minimum atomic E-state index is -0.0547. The summed E-state index contributed by atoms with van der Waals surface area (Å²) in [6.07, 6.45) is 4.82. The van der Waals surface area contributed by atoms with Crippen molar-refractivity contribution in [3.05, 3.63) is 77.6 Å². The zero-order chi connectivity index (χ0) is 21.6. The highest BCUT2D eigenvalue weighted by Gasteiger charge is 2.18. The second-order valence-electron chi connectivity index (χ2n) is 6.36. The molecule has 3 aromatic heterocycles. The van der Waals surface area contributed by atoms with Crippen molar-refractivity contribution >= 4 is 28.9 Å². The van der Waals surface area contributed by atoms with Crippen molar-refractivity contribution in [1.82, 2.24) is 15.0 Å². The second-order valence-corrected chi connectivity index (χ2v) is 8.27. The molecule has 152 valence electrons. The van der Waals surface area contributed by atoms with Gasteiger partial charge in [-0.3, -0.25) is 14.8 Å². The molecule has 0 amide bonds. The van der Waals surface area contributed by atoms with E-state index in [4.69, 9.17) is 4.74 Å². The van der Waals surface area contributed by atoms with Crippen LogP contribution in [0.5, 0.6) is 5.75 Å². The van der Waals surface area contributed by atoms with E-state index in [-0.39, 0.29) is 11.5 Å². The third kappa shape index (κ3) is 4.63. The Kier molecular flexibility index (Phi) is 6.36. The van der Waals surface area contributed by atoms with Crippen LogP contribution >= 0.6 is 23.1 Å². The molecule has 31 heavy (non-hydrogen) atoms. The highest BCUT2D eigenvalue weighted by atomic mass is 32.2. The first-order valence-corrected chi connectivity index (χ1v) is 11.1. The minimum Gasteiger partial charge on any atom is -0.497 e. The van der Waals surface area contributed by atoms with Crippen LogP contribution in [0.3, 0.4) is 0 Å². The van der Waals surface area contributed by atoms with Gasteiger partial charge in [0.05, 0.1) is 30.3 Å². The summed E-state index contributed by atoms with van der Waals surface area (Å²) in [5.74, 6) is 0.790. The molecule has 4 rings (SSSR count). The Morgan fingerprint density at radius 3 is 2.68 bits per heavy atom. The maximum atomic E-state index is 12.7. The number of rotatable bonds is 7. The summed E-state index contributed by atoms with van der Waals surface area (Å²) in [5.41, 5.74) is 3.01. The van der Waals surface area contributed by atoms with Crippen LogP contribution in [0.2, 0.25) is 0 Å². The molecule has 0 fully saturated rings. The van der Waals surface area contributed by atoms with E-state index in [0.29, 0.717) is 33.3 Å². The average Bonchev–Trinajstić information content (AvgIpc) is 3.37. The van der Waals surface area contributed by atoms with E-state index in [2.05, 4.69) is 21.0 Å². The fraction of sp³-hybridized carbons (Fsp3) is 0.0870. The molecule has 0 unspecified atom stereocenters. The lowest BCUT2D eigenvalue weighted by molar-refractivity contribution is 0.102. The Hall–Kier alpha value is -3.54. The molecule has 0 radical (unpaired) electrons. The Balaban J connectivity index is 1.69. The number of hydrogen-bond donors (Lipinski definition) is 0. The van der Waals surface area contributed by atoms with Gasteiger partial charge in [0, 0.05) is 28.4 Å². The first-order chi connectivity index (χ1) is 15.2. The highest BCUT2D eigenvalue weighted by molar-refractivity contribution is 8.00. The van der Waals surface area contributed by atoms with Gasteiger partial charge in [-0.1, -0.05) is 17.8 Å². The SMILES string of the molecule is COc1ccc(C(=O)CSc2nc(-c3cnccn3)cc(-c3cccs3)c2C#N)cc1. The van der Waals surface area contributed by atoms with E-state index >= 15 is 0 Å². The number of carbonyl (C=O) groups excluding carboxylic acids is 1. The molecule has 0 atom stereocenters. The van der Waals surface area contributed by atoms with Gasteiger partial charge in [-0.2, -0.15) is 5.26 Å². The van der Waals surface area contributed by atoms with Gasteiger partial charge in [0.1, 0.15) is 22.5 Å². The summed E-state index contributed by atoms with van der Waals surface area (Å²) in [6.45, 7) is 0. The van der Waals surface area contributed by atoms with Crippen LogP contribution in [-0.4, -0.2) is 33.6 Å². The van der Waals surface area contributed by atoms with E-state index in [1.165, 1.54) is 23.1 Å². The van der Waals surface area contributed by atoms with Gasteiger partial charge in [-0.25, -0.2) is 4.98 Å². The number of thiophene rings is 1. The van der Waals surface area contributed by atoms with Crippen LogP contribution in [0.15, 0.2) is 71.5 Å². The number of Topliss-reactive ketones (excluding diaryl/α,β-unsaturated/α-hetero) is 1. The van der Waals surface area contributed by atoms with Crippen molar-refractivity contribution in [2.45, 2.75) is 5.03 Å². The maximum Gasteiger partial charge on any atom is 0.173 e. The Bertz CT molecular complexity index is 1240. The molecule has 0 saturated carbocycles. The van der Waals surface area contributed by atoms with Crippen LogP contribution in [0, 0.1) is 11.3 Å². The third-order valence-corrected chi connectivity index (χ3v) is 6.34. The van der Waals surface area contributed by atoms with Crippen LogP contribution in [0.1, 0.15) is 15.9 Å². The number of aromatic nitrogens is 3. The first kappa shape index (κ1) is 20.7. The minimum absolute atomic E-state index is 0.0547. The topological polar surface area (TPSA) is 88.8 Å².